The number of hydrogen-bond donors (Lipinski definition) is 2. The molecule has 0 aromatic heterocycles. The van der Waals surface area contributed by atoms with Crippen LogP contribution in [0.3, 0.4) is 0 Å². The van der Waals surface area contributed by atoms with Gasteiger partial charge in [-0.15, -0.1) is 24.0 Å². The minimum Gasteiger partial charge on any atom is -0.355 e. The average molecular weight is 410 g/mol. The van der Waals surface area contributed by atoms with Crippen LogP contribution in [0.1, 0.15) is 46.5 Å². The zero-order chi connectivity index (χ0) is 15.0. The standard InChI is InChI=1S/C16H34N4.HI/c1-6-20(5)12-11-18-16(17-4)19-15-9-7-14(8-10-15)13(2)3;/h13-15H,6-12H2,1-5H3,(H2,17,18,19);1H. The maximum Gasteiger partial charge on any atom is 0.191 e. The molecule has 2 N–H and O–H groups in total. The number of nitrogens with zero attached hydrogens (tertiary/aromatic N) is 2. The summed E-state index contributed by atoms with van der Waals surface area (Å²) in [4.78, 5) is 6.63. The van der Waals surface area contributed by atoms with E-state index in [0.717, 1.165) is 37.4 Å². The van der Waals surface area contributed by atoms with E-state index in [1.54, 1.807) is 0 Å². The Kier molecular flexibility index (Phi) is 11.5. The van der Waals surface area contributed by atoms with Crippen molar-refractivity contribution in [2.24, 2.45) is 16.8 Å². The van der Waals surface area contributed by atoms with E-state index in [2.05, 4.69) is 48.3 Å². The van der Waals surface area contributed by atoms with Crippen molar-refractivity contribution in [3.05, 3.63) is 0 Å². The van der Waals surface area contributed by atoms with Gasteiger partial charge in [0.15, 0.2) is 5.96 Å². The lowest BCUT2D eigenvalue weighted by Crippen LogP contribution is -2.46. The number of hydrogen-bond acceptors (Lipinski definition) is 2. The lowest BCUT2D eigenvalue weighted by Gasteiger charge is -2.32. The molecule has 5 heteroatoms. The molecule has 4 nitrogen and oxygen atoms in total. The van der Waals surface area contributed by atoms with Crippen LogP contribution in [-0.2, 0) is 0 Å². The summed E-state index contributed by atoms with van der Waals surface area (Å²) in [7, 11) is 4.00. The van der Waals surface area contributed by atoms with Gasteiger partial charge < -0.3 is 15.5 Å². The normalized spacial score (nSPS) is 23.1. The van der Waals surface area contributed by atoms with E-state index in [1.165, 1.54) is 25.7 Å². The van der Waals surface area contributed by atoms with Gasteiger partial charge in [-0.1, -0.05) is 20.8 Å². The minimum atomic E-state index is 0. The van der Waals surface area contributed by atoms with Gasteiger partial charge in [0, 0.05) is 26.2 Å². The lowest BCUT2D eigenvalue weighted by atomic mass is 9.80. The maximum atomic E-state index is 4.33. The third kappa shape index (κ3) is 8.24. The first kappa shape index (κ1) is 21.0. The van der Waals surface area contributed by atoms with E-state index < -0.39 is 0 Å². The summed E-state index contributed by atoms with van der Waals surface area (Å²) in [6.07, 6.45) is 5.26. The summed E-state index contributed by atoms with van der Waals surface area (Å²) in [5.74, 6) is 2.71. The van der Waals surface area contributed by atoms with Crippen molar-refractivity contribution in [3.8, 4) is 0 Å². The van der Waals surface area contributed by atoms with Crippen LogP contribution in [-0.4, -0.2) is 50.6 Å². The Morgan fingerprint density at radius 3 is 2.33 bits per heavy atom. The predicted octanol–water partition coefficient (Wildman–Crippen LogP) is 2.94. The van der Waals surface area contributed by atoms with E-state index in [-0.39, 0.29) is 24.0 Å². The lowest BCUT2D eigenvalue weighted by molar-refractivity contribution is 0.250. The van der Waals surface area contributed by atoms with Gasteiger partial charge in [0.25, 0.3) is 0 Å². The molecule has 0 heterocycles. The van der Waals surface area contributed by atoms with Crippen LogP contribution in [0.15, 0.2) is 4.99 Å². The number of aliphatic imine (C=N–C) groups is 1. The van der Waals surface area contributed by atoms with Crippen molar-refractivity contribution in [1.82, 2.24) is 15.5 Å². The van der Waals surface area contributed by atoms with E-state index in [4.69, 9.17) is 0 Å². The van der Waals surface area contributed by atoms with Crippen molar-refractivity contribution in [2.45, 2.75) is 52.5 Å². The largest absolute Gasteiger partial charge is 0.355 e. The van der Waals surface area contributed by atoms with Gasteiger partial charge in [0.1, 0.15) is 0 Å². The fraction of sp³-hybridized carbons (Fsp3) is 0.938. The van der Waals surface area contributed by atoms with Crippen molar-refractivity contribution in [3.63, 3.8) is 0 Å². The summed E-state index contributed by atoms with van der Waals surface area (Å²) in [5.41, 5.74) is 0. The predicted molar refractivity (Wildman–Crippen MR) is 104 cm³/mol. The van der Waals surface area contributed by atoms with E-state index in [1.807, 2.05) is 7.05 Å². The molecule has 1 rings (SSSR count). The number of nitrogens with one attached hydrogen (secondary N) is 2. The first-order valence-corrected chi connectivity index (χ1v) is 8.22. The number of likely N-dealkylation sites (N-methyl/N-ethyl adjacent to an activating group) is 1. The summed E-state index contributed by atoms with van der Waals surface area (Å²) in [6, 6.07) is 0.597. The molecular formula is C16H35IN4. The second-order valence-corrected chi connectivity index (χ2v) is 6.39. The maximum absolute atomic E-state index is 4.33. The molecule has 1 saturated carbocycles. The molecular weight excluding hydrogens is 375 g/mol. The smallest absolute Gasteiger partial charge is 0.191 e. The molecule has 0 unspecified atom stereocenters. The Morgan fingerprint density at radius 2 is 1.86 bits per heavy atom. The van der Waals surface area contributed by atoms with Gasteiger partial charge >= 0.3 is 0 Å². The zero-order valence-electron chi connectivity index (χ0n) is 14.5. The molecule has 0 bridgehead atoms. The minimum absolute atomic E-state index is 0. The fourth-order valence-corrected chi connectivity index (χ4v) is 2.84. The Labute approximate surface area is 148 Å². The van der Waals surface area contributed by atoms with Crippen LogP contribution in [0, 0.1) is 11.8 Å². The third-order valence-electron chi connectivity index (χ3n) is 4.60. The molecule has 0 aliphatic heterocycles. The molecule has 1 aliphatic rings. The van der Waals surface area contributed by atoms with Crippen LogP contribution in [0.5, 0.6) is 0 Å². The van der Waals surface area contributed by atoms with Gasteiger partial charge in [0.05, 0.1) is 0 Å². The fourth-order valence-electron chi connectivity index (χ4n) is 2.84. The molecule has 0 spiro atoms. The molecule has 0 saturated heterocycles. The van der Waals surface area contributed by atoms with Crippen molar-refractivity contribution >= 4 is 29.9 Å². The molecule has 21 heavy (non-hydrogen) atoms. The van der Waals surface area contributed by atoms with Gasteiger partial charge in [-0.3, -0.25) is 4.99 Å². The molecule has 1 fully saturated rings. The number of guanidine groups is 1. The zero-order valence-corrected chi connectivity index (χ0v) is 16.8. The van der Waals surface area contributed by atoms with Crippen LogP contribution in [0.25, 0.3) is 0 Å². The number of rotatable bonds is 6. The second-order valence-electron chi connectivity index (χ2n) is 6.39. The van der Waals surface area contributed by atoms with Crippen LogP contribution >= 0.6 is 24.0 Å². The highest BCUT2D eigenvalue weighted by Crippen LogP contribution is 2.29. The van der Waals surface area contributed by atoms with Gasteiger partial charge in [0.2, 0.25) is 0 Å². The van der Waals surface area contributed by atoms with Crippen molar-refractivity contribution in [1.29, 1.82) is 0 Å². The monoisotopic (exact) mass is 410 g/mol. The van der Waals surface area contributed by atoms with Crippen LogP contribution in [0.2, 0.25) is 0 Å². The topological polar surface area (TPSA) is 39.7 Å². The summed E-state index contributed by atoms with van der Waals surface area (Å²) < 4.78 is 0. The summed E-state index contributed by atoms with van der Waals surface area (Å²) in [6.45, 7) is 9.97. The van der Waals surface area contributed by atoms with Crippen LogP contribution < -0.4 is 10.6 Å². The molecule has 0 atom stereocenters. The first-order chi connectivity index (χ1) is 9.56. The third-order valence-corrected chi connectivity index (χ3v) is 4.60. The van der Waals surface area contributed by atoms with E-state index in [0.29, 0.717) is 6.04 Å². The molecule has 0 amide bonds. The Balaban J connectivity index is 0.00000400. The van der Waals surface area contributed by atoms with Crippen molar-refractivity contribution in [2.75, 3.05) is 33.7 Å². The highest BCUT2D eigenvalue weighted by Gasteiger charge is 2.23. The Bertz CT molecular complexity index is 286. The second kappa shape index (κ2) is 11.5. The van der Waals surface area contributed by atoms with E-state index in [9.17, 15) is 0 Å². The first-order valence-electron chi connectivity index (χ1n) is 8.22. The Hall–Kier alpha value is -0.0400. The summed E-state index contributed by atoms with van der Waals surface area (Å²) >= 11 is 0. The van der Waals surface area contributed by atoms with Gasteiger partial charge in [-0.2, -0.15) is 0 Å². The molecule has 0 radical (unpaired) electrons. The average Bonchev–Trinajstić information content (AvgIpc) is 2.46. The molecule has 126 valence electrons. The molecule has 0 aromatic carbocycles. The highest BCUT2D eigenvalue weighted by molar-refractivity contribution is 14.0. The van der Waals surface area contributed by atoms with Gasteiger partial charge in [-0.25, -0.2) is 0 Å². The van der Waals surface area contributed by atoms with Gasteiger partial charge in [-0.05, 0) is 51.1 Å². The van der Waals surface area contributed by atoms with E-state index >= 15 is 0 Å². The Morgan fingerprint density at radius 1 is 1.24 bits per heavy atom. The molecule has 0 aromatic rings. The van der Waals surface area contributed by atoms with Crippen LogP contribution in [0.4, 0.5) is 0 Å². The summed E-state index contributed by atoms with van der Waals surface area (Å²) in [5, 5.41) is 6.99. The van der Waals surface area contributed by atoms with Crippen molar-refractivity contribution < 1.29 is 0 Å². The molecule has 1 aliphatic carbocycles. The SMILES string of the molecule is CCN(C)CCNC(=NC)NC1CCC(C(C)C)CC1.I. The quantitative estimate of drug-likeness (QED) is 0.402. The number of halogens is 1. The highest BCUT2D eigenvalue weighted by atomic mass is 127.